The average Bonchev–Trinajstić information content (AvgIpc) is 0.962. The molecule has 108 heavy (non-hydrogen) atoms. The lowest BCUT2D eigenvalue weighted by Crippen LogP contribution is -2.66. The predicted molar refractivity (Wildman–Crippen MR) is 395 cm³/mol. The highest BCUT2D eigenvalue weighted by Crippen LogP contribution is 2.45. The van der Waals surface area contributed by atoms with E-state index in [0.29, 0.717) is 44.9 Å². The monoisotopic (exact) mass is 1560 g/mol. The molecule has 31 heteroatoms. The molecule has 4 saturated carbocycles. The molecule has 2 aliphatic heterocycles. The minimum absolute atomic E-state index is 0.0304. The van der Waals surface area contributed by atoms with Gasteiger partial charge in [-0.25, -0.2) is 4.39 Å². The van der Waals surface area contributed by atoms with E-state index in [1.165, 1.54) is 76.0 Å². The lowest BCUT2D eigenvalue weighted by molar-refractivity contribution is -0.184. The van der Waals surface area contributed by atoms with E-state index in [4.69, 9.17) is 11.6 Å². The van der Waals surface area contributed by atoms with Crippen molar-refractivity contribution in [1.29, 1.82) is 0 Å². The molecule has 0 aromatic rings. The first-order chi connectivity index (χ1) is 50.3. The molecule has 15 atom stereocenters. The summed E-state index contributed by atoms with van der Waals surface area (Å²) >= 11 is 6.44. The maximum atomic E-state index is 15.7. The molecule has 11 amide bonds. The molecule has 6 fully saturated rings. The lowest BCUT2D eigenvalue weighted by atomic mass is 9.78. The number of fused-ring (bicyclic) bond motifs is 1. The van der Waals surface area contributed by atoms with Gasteiger partial charge >= 0.3 is 12.4 Å². The summed E-state index contributed by atoms with van der Waals surface area (Å²) in [7, 11) is 12.9. The second-order valence-corrected chi connectivity index (χ2v) is 34.0. The number of nitrogens with one attached hydrogen (secondary N) is 3. The van der Waals surface area contributed by atoms with Gasteiger partial charge in [-0.1, -0.05) is 67.2 Å². The fourth-order valence-electron chi connectivity index (χ4n) is 17.3. The number of halogens is 8. The highest BCUT2D eigenvalue weighted by Gasteiger charge is 2.53. The molecule has 1 spiro atoms. The normalized spacial score (nSPS) is 32.9. The number of carbonyl (C=O) groups excluding carboxylic acids is 11. The van der Waals surface area contributed by atoms with E-state index >= 15 is 24.0 Å². The Morgan fingerprint density at radius 3 is 1.69 bits per heavy atom. The van der Waals surface area contributed by atoms with Gasteiger partial charge in [0.05, 0.1) is 30.8 Å². The van der Waals surface area contributed by atoms with E-state index in [-0.39, 0.29) is 127 Å². The van der Waals surface area contributed by atoms with Crippen LogP contribution in [0, 0.1) is 47.3 Å². The van der Waals surface area contributed by atoms with E-state index in [1.807, 2.05) is 20.8 Å². The third-order valence-electron chi connectivity index (χ3n) is 25.4. The zero-order chi connectivity index (χ0) is 81.1. The molecule has 0 aromatic heterocycles. The Bertz CT molecular complexity index is 3110. The van der Waals surface area contributed by atoms with Gasteiger partial charge in [0.2, 0.25) is 65.0 Å². The summed E-state index contributed by atoms with van der Waals surface area (Å²) in [4.78, 5) is 179. The first kappa shape index (κ1) is 90.8. The summed E-state index contributed by atoms with van der Waals surface area (Å²) in [6.07, 6.45) is -7.85. The SMILES string of the molecule is CC[C@H](C)[C@@H]1NC(=O)[C@H](CC(C)C)N(C)C(=O)C[C@@H](C(=O)N(C)C)N(C)C(=O)[C@H]([C@@H](C)CC)N(C)C(=O)C2(CCCC2)NC(=O)[C@H](CC2CCC(F)CC2)N(C)C(=O)[C@H](CCC2CCC(C(F)(F)F)C(Cl)C2)NC(=O)CN(C)C(=O)[C@H](CC2CCC(C(F)(F)F)CC2)N(C)C(C)[C@@H]2CCN2C(=O)[C@H](C)N(C)C1=O. The number of likely N-dealkylation sites (N-methyl/N-ethyl adjacent to an activating group) is 8. The highest BCUT2D eigenvalue weighted by atomic mass is 35.5. The second-order valence-electron chi connectivity index (χ2n) is 33.4. The number of amides is 11. The number of hydrogen-bond acceptors (Lipinski definition) is 12. The molecule has 2 heterocycles. The van der Waals surface area contributed by atoms with Gasteiger partial charge in [0, 0.05) is 80.4 Å². The molecule has 4 aliphatic carbocycles. The summed E-state index contributed by atoms with van der Waals surface area (Å²) < 4.78 is 99.7. The molecule has 0 bridgehead atoms. The Morgan fingerprint density at radius 2 is 1.18 bits per heavy atom. The fraction of sp³-hybridized carbons (Fsp3) is 0.857. The predicted octanol–water partition coefficient (Wildman–Crippen LogP) is 8.96. The standard InChI is InChI=1S/C77H126ClF7N12O11/c1-18-45(5)64-72(106)92(13)48(8)68(102)97-37-34-57(97)47(7)91(12)60(41-50-22-28-52(29-23-50)76(80,81)82)71(105)90(11)43-62(98)86-56(33-27-49-26-32-54(55(78)39-49)77(83,84)85)69(103)94(15)59(40-51-24-30-53(79)31-25-51)67(101)88-75(35-20-21-36-75)74(108)96(17)65(46(6)19-2)73(107)95(16)61(70(104)89(9)10)42-63(99)93(14)58(38-44(3)4)66(100)87-64/h44-61,64-65H,18-43H2,1-17H3,(H,86,98)(H,87,100)(H,88,101)/t45-,46-,47?,48-,49?,50?,51?,52?,53?,54?,55?,56-,57-,58-,59-,60-,61-,64-,65-/m0/s1. The molecule has 0 aromatic carbocycles. The van der Waals surface area contributed by atoms with Crippen molar-refractivity contribution in [3.8, 4) is 0 Å². The smallest absolute Gasteiger partial charge is 0.347 e. The van der Waals surface area contributed by atoms with Crippen LogP contribution in [0.3, 0.4) is 0 Å². The van der Waals surface area contributed by atoms with E-state index in [1.54, 1.807) is 51.5 Å². The maximum Gasteiger partial charge on any atom is 0.393 e. The summed E-state index contributed by atoms with van der Waals surface area (Å²) in [5.41, 5.74) is -1.69. The zero-order valence-corrected chi connectivity index (χ0v) is 67.7. The van der Waals surface area contributed by atoms with Crippen molar-refractivity contribution in [3.05, 3.63) is 0 Å². The van der Waals surface area contributed by atoms with Gasteiger partial charge in [0.15, 0.2) is 0 Å². The van der Waals surface area contributed by atoms with Crippen molar-refractivity contribution in [2.24, 2.45) is 47.3 Å². The van der Waals surface area contributed by atoms with E-state index in [2.05, 4.69) is 16.0 Å². The second kappa shape index (κ2) is 38.9. The summed E-state index contributed by atoms with van der Waals surface area (Å²) in [6, 6.07) is -11.6. The van der Waals surface area contributed by atoms with E-state index in [0.717, 1.165) is 14.7 Å². The molecule has 0 radical (unpaired) electrons. The molecule has 4 unspecified atom stereocenters. The van der Waals surface area contributed by atoms with E-state index in [9.17, 15) is 59.5 Å². The molecule has 2 saturated heterocycles. The number of carbonyl (C=O) groups is 11. The molecule has 616 valence electrons. The average molecular weight is 1560 g/mol. The molecule has 6 rings (SSSR count). The Balaban J connectivity index is 1.48. The van der Waals surface area contributed by atoms with Crippen LogP contribution in [0.25, 0.3) is 0 Å². The van der Waals surface area contributed by atoms with Gasteiger partial charge < -0.3 is 55.1 Å². The lowest BCUT2D eigenvalue weighted by Gasteiger charge is -2.50. The third-order valence-corrected chi connectivity index (χ3v) is 25.9. The third kappa shape index (κ3) is 22.4. The van der Waals surface area contributed by atoms with E-state index < -0.39 is 197 Å². The Kier molecular flexibility index (Phi) is 32.7. The van der Waals surface area contributed by atoms with Gasteiger partial charge in [0.25, 0.3) is 0 Å². The molecular weight excluding hydrogens is 1440 g/mol. The molecule has 23 nitrogen and oxygen atoms in total. The van der Waals surface area contributed by atoms with Crippen molar-refractivity contribution in [2.45, 2.75) is 299 Å². The Morgan fingerprint density at radius 1 is 0.611 bits per heavy atom. The van der Waals surface area contributed by atoms with Crippen molar-refractivity contribution < 1.29 is 83.5 Å². The summed E-state index contributed by atoms with van der Waals surface area (Å²) in [6.45, 7) is 13.7. The maximum absolute atomic E-state index is 15.7. The zero-order valence-electron chi connectivity index (χ0n) is 67.0. The Hall–Kier alpha value is -6.07. The van der Waals surface area contributed by atoms with Gasteiger partial charge in [-0.15, -0.1) is 11.6 Å². The quantitative estimate of drug-likeness (QED) is 0.109. The van der Waals surface area contributed by atoms with Gasteiger partial charge in [-0.2, -0.15) is 26.3 Å². The minimum atomic E-state index is -4.57. The fourth-order valence-corrected chi connectivity index (χ4v) is 17.9. The number of hydrogen-bond donors (Lipinski definition) is 3. The van der Waals surface area contributed by atoms with Crippen molar-refractivity contribution in [2.75, 3.05) is 76.5 Å². The van der Waals surface area contributed by atoms with Crippen molar-refractivity contribution in [1.82, 2.24) is 60.0 Å². The van der Waals surface area contributed by atoms with Crippen LogP contribution in [0.5, 0.6) is 0 Å². The topological polar surface area (TPSA) is 253 Å². The van der Waals surface area contributed by atoms with Crippen molar-refractivity contribution in [3.63, 3.8) is 0 Å². The van der Waals surface area contributed by atoms with Gasteiger partial charge in [0.1, 0.15) is 54.0 Å². The molecule has 3 N–H and O–H groups in total. The summed E-state index contributed by atoms with van der Waals surface area (Å²) in [5, 5.41) is 7.50. The Labute approximate surface area is 640 Å². The van der Waals surface area contributed by atoms with Crippen LogP contribution in [0.1, 0.15) is 209 Å². The summed E-state index contributed by atoms with van der Waals surface area (Å²) in [5.74, 6) is -13.4. The number of alkyl halides is 8. The molecular formula is C77H126ClF7N12O11. The van der Waals surface area contributed by atoms with Crippen LogP contribution in [0.4, 0.5) is 30.7 Å². The van der Waals surface area contributed by atoms with Crippen molar-refractivity contribution >= 4 is 76.6 Å². The van der Waals surface area contributed by atoms with Crippen LogP contribution < -0.4 is 16.0 Å². The first-order valence-corrected chi connectivity index (χ1v) is 39.9. The number of nitrogens with zero attached hydrogens (tertiary/aromatic N) is 9. The van der Waals surface area contributed by atoms with Gasteiger partial charge in [-0.3, -0.25) is 57.6 Å². The largest absolute Gasteiger partial charge is 0.393 e. The highest BCUT2D eigenvalue weighted by molar-refractivity contribution is 6.20. The van der Waals surface area contributed by atoms with Crippen LogP contribution in [0.2, 0.25) is 0 Å². The van der Waals surface area contributed by atoms with Crippen LogP contribution in [-0.2, 0) is 52.7 Å². The first-order valence-electron chi connectivity index (χ1n) is 39.5. The van der Waals surface area contributed by atoms with Crippen LogP contribution >= 0.6 is 11.6 Å². The van der Waals surface area contributed by atoms with Gasteiger partial charge in [-0.05, 0) is 178 Å². The molecule has 6 aliphatic rings. The van der Waals surface area contributed by atoms with Crippen LogP contribution in [-0.4, -0.2) is 275 Å². The number of rotatable bonds is 14. The minimum Gasteiger partial charge on any atom is -0.347 e. The van der Waals surface area contributed by atoms with Crippen LogP contribution in [0.15, 0.2) is 0 Å².